The second-order valence-corrected chi connectivity index (χ2v) is 7.69. The Morgan fingerprint density at radius 2 is 1.78 bits per heavy atom. The minimum absolute atomic E-state index is 0.208. The van der Waals surface area contributed by atoms with Gasteiger partial charge >= 0.3 is 12.5 Å². The Labute approximate surface area is 163 Å². The molecule has 27 heavy (non-hydrogen) atoms. The molecule has 1 amide bonds. The second kappa shape index (κ2) is 8.21. The van der Waals surface area contributed by atoms with Gasteiger partial charge < -0.3 is 14.8 Å². The molecule has 0 bridgehead atoms. The van der Waals surface area contributed by atoms with Crippen LogP contribution in [0.25, 0.3) is 11.1 Å². The smallest absolute Gasteiger partial charge is 0.444 e. The molecule has 0 atom stereocenters. The first kappa shape index (κ1) is 21.1. The van der Waals surface area contributed by atoms with Crippen LogP contribution in [-0.2, 0) is 11.3 Å². The highest BCUT2D eigenvalue weighted by Crippen LogP contribution is 2.30. The lowest BCUT2D eigenvalue weighted by Crippen LogP contribution is -2.32. The van der Waals surface area contributed by atoms with Crippen molar-refractivity contribution in [2.45, 2.75) is 39.3 Å². The Morgan fingerprint density at radius 3 is 2.41 bits per heavy atom. The van der Waals surface area contributed by atoms with Gasteiger partial charge in [-0.3, -0.25) is 0 Å². The molecule has 8 heteroatoms. The van der Waals surface area contributed by atoms with Crippen molar-refractivity contribution < 1.29 is 27.4 Å². The highest BCUT2D eigenvalue weighted by molar-refractivity contribution is 9.10. The summed E-state index contributed by atoms with van der Waals surface area (Å²) in [5.41, 5.74) is 1.38. The fourth-order valence-corrected chi connectivity index (χ4v) is 2.82. The van der Waals surface area contributed by atoms with Crippen LogP contribution >= 0.6 is 15.9 Å². The summed E-state index contributed by atoms with van der Waals surface area (Å²) >= 11 is 3.38. The lowest BCUT2D eigenvalue weighted by Gasteiger charge is -2.19. The van der Waals surface area contributed by atoms with Gasteiger partial charge in [-0.15, -0.1) is 13.2 Å². The monoisotopic (exact) mass is 445 g/mol. The Hall–Kier alpha value is -2.22. The zero-order valence-corrected chi connectivity index (χ0v) is 16.6. The maximum Gasteiger partial charge on any atom is 0.573 e. The highest BCUT2D eigenvalue weighted by atomic mass is 79.9. The molecule has 0 heterocycles. The van der Waals surface area contributed by atoms with E-state index in [0.29, 0.717) is 11.1 Å². The van der Waals surface area contributed by atoms with Crippen LogP contribution in [0.2, 0.25) is 0 Å². The summed E-state index contributed by atoms with van der Waals surface area (Å²) in [6, 6.07) is 11.0. The summed E-state index contributed by atoms with van der Waals surface area (Å²) in [6.45, 7) is 5.50. The maximum absolute atomic E-state index is 12.4. The molecule has 0 spiro atoms. The van der Waals surface area contributed by atoms with Gasteiger partial charge in [-0.05, 0) is 67.8 Å². The van der Waals surface area contributed by atoms with E-state index >= 15 is 0 Å². The predicted octanol–water partition coefficient (Wildman–Crippen LogP) is 6.04. The third kappa shape index (κ3) is 7.50. The molecular formula is C19H19BrF3NO3. The second-order valence-electron chi connectivity index (χ2n) is 6.78. The van der Waals surface area contributed by atoms with Crippen LogP contribution in [0.5, 0.6) is 5.75 Å². The molecule has 4 nitrogen and oxygen atoms in total. The quantitative estimate of drug-likeness (QED) is 0.623. The summed E-state index contributed by atoms with van der Waals surface area (Å²) in [6.07, 6.45) is -5.30. The van der Waals surface area contributed by atoms with Crippen molar-refractivity contribution in [3.63, 3.8) is 0 Å². The van der Waals surface area contributed by atoms with E-state index in [1.54, 1.807) is 45.0 Å². The molecule has 0 saturated heterocycles. The minimum Gasteiger partial charge on any atom is -0.444 e. The molecule has 146 valence electrons. The van der Waals surface area contributed by atoms with Crippen molar-refractivity contribution in [3.05, 3.63) is 52.5 Å². The molecule has 2 aromatic rings. The summed E-state index contributed by atoms with van der Waals surface area (Å²) in [7, 11) is 0. The molecular weight excluding hydrogens is 427 g/mol. The number of benzene rings is 2. The van der Waals surface area contributed by atoms with Crippen molar-refractivity contribution in [3.8, 4) is 16.9 Å². The molecule has 2 rings (SSSR count). The molecule has 0 unspecified atom stereocenters. The van der Waals surface area contributed by atoms with Crippen molar-refractivity contribution in [1.29, 1.82) is 0 Å². The number of rotatable bonds is 4. The van der Waals surface area contributed by atoms with Crippen molar-refractivity contribution in [2.75, 3.05) is 0 Å². The number of ether oxygens (including phenoxy) is 2. The number of carbonyl (C=O) groups is 1. The van der Waals surface area contributed by atoms with Crippen LogP contribution < -0.4 is 10.1 Å². The summed E-state index contributed by atoms with van der Waals surface area (Å²) in [5, 5.41) is 2.65. The SMILES string of the molecule is CC(C)(C)OC(=O)NCc1cc(Br)cc(-c2cccc(OC(F)(F)F)c2)c1. The van der Waals surface area contributed by atoms with Gasteiger partial charge in [0.15, 0.2) is 0 Å². The molecule has 0 aliphatic rings. The Balaban J connectivity index is 2.17. The van der Waals surface area contributed by atoms with Crippen LogP contribution in [0, 0.1) is 0 Å². The van der Waals surface area contributed by atoms with Crippen LogP contribution in [0.4, 0.5) is 18.0 Å². The average Bonchev–Trinajstić information content (AvgIpc) is 2.49. The number of alkyl halides is 3. The zero-order valence-electron chi connectivity index (χ0n) is 15.0. The number of carbonyl (C=O) groups excluding carboxylic acids is 1. The number of alkyl carbamates (subject to hydrolysis) is 1. The fraction of sp³-hybridized carbons (Fsp3) is 0.316. The average molecular weight is 446 g/mol. The van der Waals surface area contributed by atoms with Gasteiger partial charge in [0.25, 0.3) is 0 Å². The number of nitrogens with one attached hydrogen (secondary N) is 1. The topological polar surface area (TPSA) is 47.6 Å². The standard InChI is InChI=1S/C19H19BrF3NO3/c1-18(2,3)27-17(25)24-11-12-7-14(9-15(20)8-12)13-5-4-6-16(10-13)26-19(21,22)23/h4-10H,11H2,1-3H3,(H,24,25). The van der Waals surface area contributed by atoms with Crippen LogP contribution in [-0.4, -0.2) is 18.1 Å². The van der Waals surface area contributed by atoms with Gasteiger partial charge in [-0.2, -0.15) is 0 Å². The maximum atomic E-state index is 12.4. The van der Waals surface area contributed by atoms with E-state index in [-0.39, 0.29) is 12.3 Å². The molecule has 0 radical (unpaired) electrons. The van der Waals surface area contributed by atoms with Crippen molar-refractivity contribution in [2.24, 2.45) is 0 Å². The molecule has 0 aromatic heterocycles. The van der Waals surface area contributed by atoms with E-state index in [9.17, 15) is 18.0 Å². The van der Waals surface area contributed by atoms with Gasteiger partial charge in [0.05, 0.1) is 0 Å². The summed E-state index contributed by atoms with van der Waals surface area (Å²) < 4.78 is 47.1. The normalized spacial score (nSPS) is 11.8. The van der Waals surface area contributed by atoms with E-state index in [1.807, 2.05) is 0 Å². The third-order valence-electron chi connectivity index (χ3n) is 3.19. The van der Waals surface area contributed by atoms with Crippen molar-refractivity contribution in [1.82, 2.24) is 5.32 Å². The molecule has 0 aliphatic carbocycles. The van der Waals surface area contributed by atoms with E-state index in [1.165, 1.54) is 18.2 Å². The van der Waals surface area contributed by atoms with E-state index in [0.717, 1.165) is 10.0 Å². The first-order chi connectivity index (χ1) is 12.4. The Kier molecular flexibility index (Phi) is 6.41. The largest absolute Gasteiger partial charge is 0.573 e. The molecule has 0 saturated carbocycles. The summed E-state index contributed by atoms with van der Waals surface area (Å²) in [5.74, 6) is -0.298. The molecule has 0 fully saturated rings. The van der Waals surface area contributed by atoms with Crippen molar-refractivity contribution >= 4 is 22.0 Å². The number of hydrogen-bond acceptors (Lipinski definition) is 3. The van der Waals surface area contributed by atoms with Crippen LogP contribution in [0.3, 0.4) is 0 Å². The number of amides is 1. The first-order valence-corrected chi connectivity index (χ1v) is 8.83. The number of hydrogen-bond donors (Lipinski definition) is 1. The minimum atomic E-state index is -4.75. The first-order valence-electron chi connectivity index (χ1n) is 8.04. The Bertz CT molecular complexity index is 817. The summed E-state index contributed by atoms with van der Waals surface area (Å²) in [4.78, 5) is 11.8. The lowest BCUT2D eigenvalue weighted by atomic mass is 10.0. The number of halogens is 4. The molecule has 1 N–H and O–H groups in total. The van der Waals surface area contributed by atoms with E-state index in [4.69, 9.17) is 4.74 Å². The fourth-order valence-electron chi connectivity index (χ4n) is 2.28. The van der Waals surface area contributed by atoms with Crippen LogP contribution in [0.1, 0.15) is 26.3 Å². The molecule has 0 aliphatic heterocycles. The highest BCUT2D eigenvalue weighted by Gasteiger charge is 2.31. The van der Waals surface area contributed by atoms with Gasteiger partial charge in [-0.1, -0.05) is 28.1 Å². The zero-order chi connectivity index (χ0) is 20.2. The van der Waals surface area contributed by atoms with Gasteiger partial charge in [0.1, 0.15) is 11.4 Å². The van der Waals surface area contributed by atoms with Gasteiger partial charge in [-0.25, -0.2) is 4.79 Å². The predicted molar refractivity (Wildman–Crippen MR) is 99.3 cm³/mol. The van der Waals surface area contributed by atoms with Gasteiger partial charge in [0, 0.05) is 11.0 Å². The van der Waals surface area contributed by atoms with Gasteiger partial charge in [0.2, 0.25) is 0 Å². The molecule has 2 aromatic carbocycles. The van der Waals surface area contributed by atoms with E-state index in [2.05, 4.69) is 26.0 Å². The Morgan fingerprint density at radius 1 is 1.07 bits per heavy atom. The lowest BCUT2D eigenvalue weighted by molar-refractivity contribution is -0.274. The van der Waals surface area contributed by atoms with Crippen LogP contribution in [0.15, 0.2) is 46.9 Å². The van der Waals surface area contributed by atoms with E-state index < -0.39 is 18.1 Å². The third-order valence-corrected chi connectivity index (χ3v) is 3.65.